The van der Waals surface area contributed by atoms with Gasteiger partial charge in [-0.1, -0.05) is 336 Å². The highest BCUT2D eigenvalue weighted by Gasteiger charge is 2.49. The molecule has 18 rings (SSSR count). The molecular formula is C124H140B2N6. The molecule has 0 saturated carbocycles. The first kappa shape index (κ1) is 61.7. The molecule has 6 nitrogen and oxygen atoms in total. The topological polar surface area (TPSA) is 19.4 Å². The minimum atomic E-state index is -1.62. The Hall–Kier alpha value is -12.0. The van der Waals surface area contributed by atoms with Crippen molar-refractivity contribution in [2.75, 3.05) is 29.4 Å². The lowest BCUT2D eigenvalue weighted by Crippen LogP contribution is -2.61. The fourth-order valence-corrected chi connectivity index (χ4v) is 17.5. The van der Waals surface area contributed by atoms with Gasteiger partial charge in [0.15, 0.2) is 0 Å². The maximum atomic E-state index is 10.6. The van der Waals surface area contributed by atoms with E-state index in [1.807, 2.05) is 64.1 Å². The number of para-hydroxylation sites is 4. The molecule has 14 aromatic rings. The van der Waals surface area contributed by atoms with Crippen molar-refractivity contribution >= 4 is 149 Å². The molecule has 0 amide bonds. The third-order valence-corrected chi connectivity index (χ3v) is 29.7. The zero-order chi connectivity index (χ0) is 120. The van der Waals surface area contributed by atoms with Crippen LogP contribution < -0.4 is 62.2 Å². The van der Waals surface area contributed by atoms with Crippen molar-refractivity contribution in [3.8, 4) is 0 Å². The van der Waals surface area contributed by atoms with Gasteiger partial charge < -0.3 is 29.4 Å². The first-order valence-electron chi connectivity index (χ1n) is 62.0. The zero-order valence-corrected chi connectivity index (χ0v) is 81.2. The van der Waals surface area contributed by atoms with Crippen LogP contribution in [-0.2, 0) is 43.3 Å². The highest BCUT2D eigenvalue weighted by molar-refractivity contribution is 7.01. The highest BCUT2D eigenvalue weighted by Crippen LogP contribution is 2.54. The smallest absolute Gasteiger partial charge is 0.252 e. The Morgan fingerprint density at radius 1 is 0.220 bits per heavy atom. The molecule has 0 atom stereocenters. The summed E-state index contributed by atoms with van der Waals surface area (Å²) in [6.07, 6.45) is 4.43. The van der Waals surface area contributed by atoms with Gasteiger partial charge in [-0.15, -0.1) is 0 Å². The van der Waals surface area contributed by atoms with Crippen LogP contribution in [0.4, 0.5) is 102 Å². The monoisotopic (exact) mass is 1770 g/mol. The van der Waals surface area contributed by atoms with Crippen LogP contribution in [0.3, 0.4) is 0 Å². The van der Waals surface area contributed by atoms with Crippen LogP contribution in [0.2, 0.25) is 0 Å². The molecule has 8 heteroatoms. The Balaban J connectivity index is 0.000000222. The van der Waals surface area contributed by atoms with E-state index in [1.54, 1.807) is 55.4 Å². The van der Waals surface area contributed by atoms with Crippen LogP contribution in [0.1, 0.15) is 303 Å². The zero-order valence-electron chi connectivity index (χ0n) is 111. The summed E-state index contributed by atoms with van der Waals surface area (Å²) >= 11 is 0. The van der Waals surface area contributed by atoms with Crippen molar-refractivity contribution in [2.24, 2.45) is 0 Å². The lowest BCUT2D eigenvalue weighted by molar-refractivity contribution is 0.506. The SMILES string of the molecule is [2H]c1c([2H])c(C(C)(C)CC)c([2H])c2c1N(c1ccc(C(C)(C)CC)cc1)c1cc(N(c3ccccc3)c3ccccc3)cc3c1B2c1c([2H])c(C(C)(C)CC)c([2H])c([2H])c1N3c1ccc(C(C)(C)CC)cc1.[2H]c1c([2H])c([2H])c(N(c2cc3c4c(c2)N(c2c([2H])c([2H])c(C(C)(C)CC)c([2H])c2[2H])c2c([2H])c([2H])c(C(C)(C)CC)c([2H])c2B4c2c([2H])c(C(C)(C)CC)c([2H])c([2H])c2N3c2c([2H])c([2H])c(C(C)(C)CC)c([2H])c2[2H])c2c([2H])c([2H])c([2H])c([2H])c2[2H])c([2H])c1[2H]. The lowest BCUT2D eigenvalue weighted by atomic mass is 9.33. The molecule has 4 aliphatic rings. The molecule has 0 bridgehead atoms. The molecule has 4 heterocycles. The number of fused-ring (bicyclic) bond motifs is 8. The largest absolute Gasteiger partial charge is 0.311 e. The van der Waals surface area contributed by atoms with E-state index in [1.165, 1.54) is 23.3 Å². The van der Waals surface area contributed by atoms with E-state index in [2.05, 4.69) is 183 Å². The lowest BCUT2D eigenvalue weighted by Gasteiger charge is -2.46. The average Bonchev–Trinajstić information content (AvgIpc) is 0.673. The van der Waals surface area contributed by atoms with Gasteiger partial charge in [0.05, 0.1) is 52.5 Å². The molecule has 14 aromatic carbocycles. The van der Waals surface area contributed by atoms with Crippen LogP contribution in [-0.4, -0.2) is 13.4 Å². The predicted octanol–water partition coefficient (Wildman–Crippen LogP) is 32.0. The van der Waals surface area contributed by atoms with Gasteiger partial charge in [-0.3, -0.25) is 0 Å². The fraction of sp³-hybridized carbons (Fsp3) is 0.323. The van der Waals surface area contributed by atoms with Gasteiger partial charge in [-0.2, -0.15) is 0 Å². The van der Waals surface area contributed by atoms with Crippen molar-refractivity contribution in [2.45, 2.75) is 261 Å². The van der Waals surface area contributed by atoms with Gasteiger partial charge in [0.25, 0.3) is 13.4 Å². The second-order valence-corrected chi connectivity index (χ2v) is 40.8. The van der Waals surface area contributed by atoms with Crippen molar-refractivity contribution in [3.63, 3.8) is 0 Å². The average molecular weight is 1770 g/mol. The van der Waals surface area contributed by atoms with Crippen LogP contribution >= 0.6 is 0 Å². The molecule has 0 radical (unpaired) electrons. The summed E-state index contributed by atoms with van der Waals surface area (Å²) in [5.41, 5.74) is 1.34. The molecule has 4 aliphatic heterocycles. The van der Waals surface area contributed by atoms with Crippen molar-refractivity contribution in [3.05, 3.63) is 359 Å². The van der Waals surface area contributed by atoms with E-state index in [9.17, 15) is 32.9 Å². The van der Waals surface area contributed by atoms with Crippen molar-refractivity contribution in [1.82, 2.24) is 0 Å². The van der Waals surface area contributed by atoms with Crippen LogP contribution in [0.5, 0.6) is 0 Å². The molecule has 0 aliphatic carbocycles. The summed E-state index contributed by atoms with van der Waals surface area (Å²) in [5.74, 6) is 0. The first-order chi connectivity index (χ1) is 75.6. The van der Waals surface area contributed by atoms with Gasteiger partial charge in [0.1, 0.15) is 0 Å². The minimum Gasteiger partial charge on any atom is -0.311 e. The van der Waals surface area contributed by atoms with E-state index in [0.29, 0.717) is 72.0 Å². The molecular weight excluding hydrogens is 1600 g/mol. The first-order valence-corrected chi connectivity index (χ1v) is 47.0. The standard InChI is InChI=1S/2C62H70BN3/c2*1-13-59(5,6)43-27-33-49(34-28-43)65-54-37-31-45(61(9,10)15-3)39-52(54)63-53-40-46(62(11,12)16-4)32-38-55(53)66(50-35-29-44(30-36-50)60(7,8)14-2)57-42-51(41-56(65)58(57)63)64(47-23-19-17-20-24-47)48-25-21-18-22-26-48/h2*17-42H,13-16H2,1-12H3/i17D,18D,19D,20D,21D,22D,23D,24D,25D,26D,27D,28D,29D,30D,31D,32D,33D,34D,35D,36D,37D,38D,39D,40D;31D,32D,37D,38D,39D,40D. The van der Waals surface area contributed by atoms with Gasteiger partial charge in [0.2, 0.25) is 0 Å². The summed E-state index contributed by atoms with van der Waals surface area (Å²) in [6.45, 7) is 44.6. The van der Waals surface area contributed by atoms with Crippen molar-refractivity contribution in [1.29, 1.82) is 0 Å². The third kappa shape index (κ3) is 16.6. The molecule has 0 aromatic heterocycles. The number of nitrogens with zero attached hydrogens (tertiary/aromatic N) is 6. The Kier molecular flexibility index (Phi) is 16.6. The fourth-order valence-electron chi connectivity index (χ4n) is 17.5. The van der Waals surface area contributed by atoms with Crippen molar-refractivity contribution < 1.29 is 41.1 Å². The normalized spacial score (nSPS) is 16.8. The van der Waals surface area contributed by atoms with Crippen LogP contribution in [0, 0.1) is 0 Å². The number of rotatable bonds is 26. The van der Waals surface area contributed by atoms with E-state index >= 15 is 0 Å². The second-order valence-electron chi connectivity index (χ2n) is 40.8. The third-order valence-electron chi connectivity index (χ3n) is 29.7. The molecule has 0 unspecified atom stereocenters. The van der Waals surface area contributed by atoms with Crippen LogP contribution in [0.15, 0.2) is 315 Å². The van der Waals surface area contributed by atoms with Crippen LogP contribution in [0.25, 0.3) is 0 Å². The van der Waals surface area contributed by atoms with E-state index in [4.69, 9.17) is 8.22 Å². The Bertz CT molecular complexity index is 7880. The Labute approximate surface area is 835 Å². The molecule has 0 saturated heterocycles. The summed E-state index contributed by atoms with van der Waals surface area (Å²) in [6, 6.07) is 27.8. The van der Waals surface area contributed by atoms with Gasteiger partial charge in [0, 0.05) is 91.0 Å². The van der Waals surface area contributed by atoms with E-state index in [-0.39, 0.29) is 109 Å². The number of hydrogen-bond acceptors (Lipinski definition) is 6. The summed E-state index contributed by atoms with van der Waals surface area (Å²) in [5, 5.41) is 0. The Morgan fingerprint density at radius 2 is 0.447 bits per heavy atom. The minimum absolute atomic E-state index is 0.00827. The van der Waals surface area contributed by atoms with Gasteiger partial charge in [-0.25, -0.2) is 0 Å². The number of benzene rings is 14. The highest BCUT2D eigenvalue weighted by atomic mass is 15.2. The Morgan fingerprint density at radius 3 is 0.705 bits per heavy atom. The summed E-state index contributed by atoms with van der Waals surface area (Å²) in [7, 11) is 0. The summed E-state index contributed by atoms with van der Waals surface area (Å²) < 4.78 is 294. The quantitative estimate of drug-likeness (QED) is 0.0500. The summed E-state index contributed by atoms with van der Waals surface area (Å²) in [4.78, 5) is 9.53. The maximum Gasteiger partial charge on any atom is 0.252 e. The molecule has 0 N–H and O–H groups in total. The second kappa shape index (κ2) is 35.5. The predicted molar refractivity (Wildman–Crippen MR) is 577 cm³/mol. The van der Waals surface area contributed by atoms with Gasteiger partial charge >= 0.3 is 0 Å². The van der Waals surface area contributed by atoms with E-state index < -0.39 is 219 Å². The molecule has 672 valence electrons. The molecule has 0 fully saturated rings. The van der Waals surface area contributed by atoms with E-state index in [0.717, 1.165) is 72.8 Å². The number of hydrogen-bond donors (Lipinski definition) is 0. The number of anilines is 18. The maximum absolute atomic E-state index is 10.6. The molecule has 0 spiro atoms. The molecule has 132 heavy (non-hydrogen) atoms. The van der Waals surface area contributed by atoms with Gasteiger partial charge in [-0.05, 0) is 317 Å².